The second-order valence-electron chi connectivity index (χ2n) is 4.98. The van der Waals surface area contributed by atoms with E-state index >= 15 is 0 Å². The van der Waals surface area contributed by atoms with Crippen LogP contribution < -0.4 is 0 Å². The topological polar surface area (TPSA) is 37.4 Å². The van der Waals surface area contributed by atoms with Gasteiger partial charge >= 0.3 is 0 Å². The van der Waals surface area contributed by atoms with Crippen LogP contribution in [0, 0.1) is 6.92 Å². The van der Waals surface area contributed by atoms with Gasteiger partial charge in [0.05, 0.1) is 10.8 Å². The summed E-state index contributed by atoms with van der Waals surface area (Å²) in [5, 5.41) is 0. The quantitative estimate of drug-likeness (QED) is 0.804. The van der Waals surface area contributed by atoms with Crippen molar-refractivity contribution in [2.45, 2.75) is 45.1 Å². The lowest BCUT2D eigenvalue weighted by atomic mass is 10.2. The monoisotopic (exact) mass is 281 g/mol. The number of rotatable bonds is 6. The van der Waals surface area contributed by atoms with E-state index in [2.05, 4.69) is 0 Å². The van der Waals surface area contributed by atoms with Crippen LogP contribution in [-0.4, -0.2) is 33.4 Å². The Balaban J connectivity index is 2.70. The number of hydrogen-bond donors (Lipinski definition) is 0. The molecular formula is C15H23NO2S. The smallest absolute Gasteiger partial charge is 0.235 e. The van der Waals surface area contributed by atoms with Gasteiger partial charge in [-0.15, -0.1) is 0 Å². The molecule has 0 heterocycles. The van der Waals surface area contributed by atoms with Crippen LogP contribution in [0.3, 0.4) is 0 Å². The number of aryl methyl sites for hydroxylation is 1. The lowest BCUT2D eigenvalue weighted by Gasteiger charge is -2.26. The lowest BCUT2D eigenvalue weighted by molar-refractivity contribution is -0.130. The maximum absolute atomic E-state index is 12.2. The second kappa shape index (κ2) is 7.43. The average molecular weight is 281 g/mol. The molecule has 0 bridgehead atoms. The molecule has 1 aromatic rings. The molecule has 0 fully saturated rings. The van der Waals surface area contributed by atoms with Gasteiger partial charge in [0.1, 0.15) is 5.75 Å². The Hall–Kier alpha value is -1.16. The van der Waals surface area contributed by atoms with Crippen molar-refractivity contribution >= 4 is 16.7 Å². The summed E-state index contributed by atoms with van der Waals surface area (Å²) in [6.07, 6.45) is 0.918. The van der Waals surface area contributed by atoms with E-state index < -0.39 is 10.8 Å². The molecule has 4 heteroatoms. The molecule has 0 aliphatic heterocycles. The SMILES string of the molecule is CCCN(C(=O)CS(=O)c1ccc(C)cc1)C(C)C. The van der Waals surface area contributed by atoms with Crippen LogP contribution in [0.1, 0.15) is 32.8 Å². The number of carbonyl (C=O) groups excluding carboxylic acids is 1. The molecule has 0 aliphatic carbocycles. The Morgan fingerprint density at radius 2 is 1.84 bits per heavy atom. The molecule has 0 aliphatic rings. The predicted octanol–water partition coefficient (Wildman–Crippen LogP) is 2.75. The normalized spacial score (nSPS) is 12.5. The molecule has 0 N–H and O–H groups in total. The fourth-order valence-corrected chi connectivity index (χ4v) is 2.88. The third kappa shape index (κ3) is 4.78. The summed E-state index contributed by atoms with van der Waals surface area (Å²) >= 11 is 0. The minimum absolute atomic E-state index is 0.0317. The van der Waals surface area contributed by atoms with Crippen LogP contribution >= 0.6 is 0 Å². The molecule has 1 unspecified atom stereocenters. The number of hydrogen-bond acceptors (Lipinski definition) is 2. The highest BCUT2D eigenvalue weighted by atomic mass is 32.2. The van der Waals surface area contributed by atoms with Crippen molar-refractivity contribution in [3.63, 3.8) is 0 Å². The highest BCUT2D eigenvalue weighted by Crippen LogP contribution is 2.10. The van der Waals surface area contributed by atoms with E-state index in [1.807, 2.05) is 52.0 Å². The van der Waals surface area contributed by atoms with Gasteiger partial charge in [-0.1, -0.05) is 24.6 Å². The van der Waals surface area contributed by atoms with Crippen LogP contribution in [0.4, 0.5) is 0 Å². The van der Waals surface area contributed by atoms with Crippen molar-refractivity contribution in [3.8, 4) is 0 Å². The van der Waals surface area contributed by atoms with Crippen molar-refractivity contribution < 1.29 is 9.00 Å². The average Bonchev–Trinajstić information content (AvgIpc) is 2.36. The zero-order valence-electron chi connectivity index (χ0n) is 12.2. The molecule has 1 aromatic carbocycles. The van der Waals surface area contributed by atoms with Crippen LogP contribution in [0.2, 0.25) is 0 Å². The van der Waals surface area contributed by atoms with Crippen LogP contribution in [0.25, 0.3) is 0 Å². The van der Waals surface area contributed by atoms with Gasteiger partial charge in [-0.05, 0) is 39.3 Å². The fourth-order valence-electron chi connectivity index (χ4n) is 1.88. The van der Waals surface area contributed by atoms with Gasteiger partial charge in [0.2, 0.25) is 5.91 Å². The zero-order valence-corrected chi connectivity index (χ0v) is 13.0. The predicted molar refractivity (Wildman–Crippen MR) is 79.6 cm³/mol. The van der Waals surface area contributed by atoms with Crippen LogP contribution in [0.5, 0.6) is 0 Å². The summed E-state index contributed by atoms with van der Waals surface area (Å²) in [5.74, 6) is 0.0390. The largest absolute Gasteiger partial charge is 0.339 e. The van der Waals surface area contributed by atoms with Gasteiger partial charge in [-0.25, -0.2) is 0 Å². The third-order valence-corrected chi connectivity index (χ3v) is 4.25. The summed E-state index contributed by atoms with van der Waals surface area (Å²) in [6, 6.07) is 7.66. The molecule has 0 radical (unpaired) electrons. The molecule has 1 atom stereocenters. The van der Waals surface area contributed by atoms with E-state index in [0.717, 1.165) is 23.4 Å². The Morgan fingerprint density at radius 1 is 1.26 bits per heavy atom. The van der Waals surface area contributed by atoms with Gasteiger partial charge in [0.25, 0.3) is 0 Å². The summed E-state index contributed by atoms with van der Waals surface area (Å²) in [5.41, 5.74) is 1.13. The van der Waals surface area contributed by atoms with Crippen molar-refractivity contribution in [3.05, 3.63) is 29.8 Å². The van der Waals surface area contributed by atoms with E-state index in [4.69, 9.17) is 0 Å². The first-order valence-corrected chi connectivity index (χ1v) is 8.02. The molecule has 106 valence electrons. The molecule has 0 aromatic heterocycles. The van der Waals surface area contributed by atoms with E-state index in [1.54, 1.807) is 4.90 Å². The fraction of sp³-hybridized carbons (Fsp3) is 0.533. The summed E-state index contributed by atoms with van der Waals surface area (Å²) in [6.45, 7) is 8.73. The van der Waals surface area contributed by atoms with E-state index in [9.17, 15) is 9.00 Å². The first-order chi connectivity index (χ1) is 8.95. The first-order valence-electron chi connectivity index (χ1n) is 6.70. The Labute approximate surface area is 118 Å². The van der Waals surface area contributed by atoms with Gasteiger partial charge in [0.15, 0.2) is 0 Å². The summed E-state index contributed by atoms with van der Waals surface area (Å²) < 4.78 is 12.2. The molecule has 1 rings (SSSR count). The first kappa shape index (κ1) is 15.9. The van der Waals surface area contributed by atoms with Gasteiger partial charge < -0.3 is 4.90 Å². The summed E-state index contributed by atoms with van der Waals surface area (Å²) in [4.78, 5) is 14.7. The molecule has 19 heavy (non-hydrogen) atoms. The molecule has 0 saturated carbocycles. The molecule has 0 saturated heterocycles. The van der Waals surface area contributed by atoms with Crippen molar-refractivity contribution in [1.29, 1.82) is 0 Å². The Bertz CT molecular complexity index is 440. The highest BCUT2D eigenvalue weighted by Gasteiger charge is 2.19. The van der Waals surface area contributed by atoms with Crippen molar-refractivity contribution in [1.82, 2.24) is 4.90 Å². The lowest BCUT2D eigenvalue weighted by Crippen LogP contribution is -2.40. The zero-order chi connectivity index (χ0) is 14.4. The second-order valence-corrected chi connectivity index (χ2v) is 6.43. The Kier molecular flexibility index (Phi) is 6.22. The highest BCUT2D eigenvalue weighted by molar-refractivity contribution is 7.85. The molecule has 1 amide bonds. The van der Waals surface area contributed by atoms with Crippen LogP contribution in [-0.2, 0) is 15.6 Å². The van der Waals surface area contributed by atoms with Crippen molar-refractivity contribution in [2.24, 2.45) is 0 Å². The number of carbonyl (C=O) groups is 1. The van der Waals surface area contributed by atoms with E-state index in [1.165, 1.54) is 0 Å². The van der Waals surface area contributed by atoms with Crippen molar-refractivity contribution in [2.75, 3.05) is 12.3 Å². The third-order valence-electron chi connectivity index (χ3n) is 2.95. The molecule has 0 spiro atoms. The minimum Gasteiger partial charge on any atom is -0.339 e. The minimum atomic E-state index is -1.25. The van der Waals surface area contributed by atoms with E-state index in [0.29, 0.717) is 0 Å². The standard InChI is InChI=1S/C15H23NO2S/c1-5-10-16(12(2)3)15(17)11-19(18)14-8-6-13(4)7-9-14/h6-9,12H,5,10-11H2,1-4H3. The number of nitrogens with zero attached hydrogens (tertiary/aromatic N) is 1. The Morgan fingerprint density at radius 3 is 2.32 bits per heavy atom. The van der Waals surface area contributed by atoms with Gasteiger partial charge in [0, 0.05) is 17.5 Å². The van der Waals surface area contributed by atoms with Gasteiger partial charge in [-0.2, -0.15) is 0 Å². The van der Waals surface area contributed by atoms with Crippen LogP contribution in [0.15, 0.2) is 29.2 Å². The number of amides is 1. The number of benzene rings is 1. The van der Waals surface area contributed by atoms with E-state index in [-0.39, 0.29) is 17.7 Å². The van der Waals surface area contributed by atoms with Gasteiger partial charge in [-0.3, -0.25) is 9.00 Å². The molecule has 3 nitrogen and oxygen atoms in total. The summed E-state index contributed by atoms with van der Waals surface area (Å²) in [7, 11) is -1.25. The maximum Gasteiger partial charge on any atom is 0.235 e. The molecular weight excluding hydrogens is 258 g/mol. The maximum atomic E-state index is 12.2.